The van der Waals surface area contributed by atoms with Crippen molar-refractivity contribution >= 4 is 5.91 Å². The summed E-state index contributed by atoms with van der Waals surface area (Å²) in [5, 5.41) is 33.1. The molecular formula is C11H22N2O4. The molecule has 1 aliphatic rings. The Kier molecular flexibility index (Phi) is 4.88. The van der Waals surface area contributed by atoms with Crippen molar-refractivity contribution in [2.45, 2.75) is 37.3 Å². The Labute approximate surface area is 101 Å². The molecule has 0 aliphatic carbocycles. The summed E-state index contributed by atoms with van der Waals surface area (Å²) in [7, 11) is 0. The largest absolute Gasteiger partial charge is 0.394 e. The van der Waals surface area contributed by atoms with E-state index in [1.54, 1.807) is 6.92 Å². The van der Waals surface area contributed by atoms with Crippen molar-refractivity contribution in [2.75, 3.05) is 26.4 Å². The second kappa shape index (κ2) is 5.77. The first-order chi connectivity index (χ1) is 8.02. The summed E-state index contributed by atoms with van der Waals surface area (Å²) in [6.07, 6.45) is 2.70. The zero-order chi connectivity index (χ0) is 12.9. The smallest absolute Gasteiger partial charge is 0.240 e. The minimum Gasteiger partial charge on any atom is -0.394 e. The number of aliphatic hydroxyl groups is 3. The summed E-state index contributed by atoms with van der Waals surface area (Å²) in [5.41, 5.74) is -2.04. The third kappa shape index (κ3) is 3.16. The Morgan fingerprint density at radius 1 is 1.29 bits per heavy atom. The van der Waals surface area contributed by atoms with Crippen molar-refractivity contribution in [2.24, 2.45) is 0 Å². The molecule has 1 atom stereocenters. The van der Waals surface area contributed by atoms with Gasteiger partial charge in [0.25, 0.3) is 0 Å². The van der Waals surface area contributed by atoms with Crippen molar-refractivity contribution in [3.63, 3.8) is 0 Å². The molecule has 17 heavy (non-hydrogen) atoms. The van der Waals surface area contributed by atoms with E-state index in [0.717, 1.165) is 19.4 Å². The van der Waals surface area contributed by atoms with Crippen LogP contribution in [0, 0.1) is 0 Å². The highest BCUT2D eigenvalue weighted by molar-refractivity contribution is 5.86. The predicted octanol–water partition coefficient (Wildman–Crippen LogP) is -1.65. The summed E-state index contributed by atoms with van der Waals surface area (Å²) >= 11 is 0. The van der Waals surface area contributed by atoms with Crippen LogP contribution in [0.1, 0.15) is 26.2 Å². The molecule has 1 heterocycles. The number of carbonyl (C=O) groups excluding carboxylic acids is 1. The molecule has 0 saturated carbocycles. The van der Waals surface area contributed by atoms with Crippen LogP contribution in [0.3, 0.4) is 0 Å². The second-order valence-corrected chi connectivity index (χ2v) is 4.92. The number of hydrogen-bond donors (Lipinski definition) is 5. The molecule has 6 heteroatoms. The van der Waals surface area contributed by atoms with Crippen molar-refractivity contribution in [3.05, 3.63) is 0 Å². The van der Waals surface area contributed by atoms with Gasteiger partial charge in [-0.2, -0.15) is 0 Å². The monoisotopic (exact) mass is 246 g/mol. The van der Waals surface area contributed by atoms with Gasteiger partial charge in [0, 0.05) is 0 Å². The fourth-order valence-electron chi connectivity index (χ4n) is 1.90. The van der Waals surface area contributed by atoms with Gasteiger partial charge in [0.1, 0.15) is 5.54 Å². The number of nitrogens with one attached hydrogen (secondary N) is 2. The van der Waals surface area contributed by atoms with Crippen LogP contribution >= 0.6 is 0 Å². The van der Waals surface area contributed by atoms with Crippen LogP contribution in [0.5, 0.6) is 0 Å². The Hall–Kier alpha value is -0.690. The summed E-state index contributed by atoms with van der Waals surface area (Å²) in [6, 6.07) is 0. The number of amides is 1. The molecule has 0 spiro atoms. The highest BCUT2D eigenvalue weighted by atomic mass is 16.3. The fourth-order valence-corrected chi connectivity index (χ4v) is 1.90. The molecule has 1 saturated heterocycles. The second-order valence-electron chi connectivity index (χ2n) is 4.92. The van der Waals surface area contributed by atoms with Crippen LogP contribution in [0.4, 0.5) is 0 Å². The molecular weight excluding hydrogens is 224 g/mol. The lowest BCUT2D eigenvalue weighted by Gasteiger charge is -2.38. The molecule has 6 nitrogen and oxygen atoms in total. The lowest BCUT2D eigenvalue weighted by Crippen LogP contribution is -2.65. The predicted molar refractivity (Wildman–Crippen MR) is 62.4 cm³/mol. The molecule has 5 N–H and O–H groups in total. The van der Waals surface area contributed by atoms with Gasteiger partial charge in [-0.25, -0.2) is 0 Å². The number of carbonyl (C=O) groups is 1. The first kappa shape index (κ1) is 14.4. The Morgan fingerprint density at radius 2 is 1.88 bits per heavy atom. The van der Waals surface area contributed by atoms with Gasteiger partial charge in [0.15, 0.2) is 0 Å². The minimum atomic E-state index is -1.35. The van der Waals surface area contributed by atoms with Gasteiger partial charge in [0.05, 0.1) is 25.4 Å². The lowest BCUT2D eigenvalue weighted by atomic mass is 9.88. The van der Waals surface area contributed by atoms with Gasteiger partial charge in [-0.15, -0.1) is 0 Å². The first-order valence-corrected chi connectivity index (χ1v) is 5.92. The quantitative estimate of drug-likeness (QED) is 0.400. The third-order valence-electron chi connectivity index (χ3n) is 3.41. The van der Waals surface area contributed by atoms with Gasteiger partial charge in [0.2, 0.25) is 5.91 Å². The normalized spacial score (nSPS) is 25.6. The van der Waals surface area contributed by atoms with Crippen LogP contribution in [-0.2, 0) is 4.79 Å². The lowest BCUT2D eigenvalue weighted by molar-refractivity contribution is -0.132. The minimum absolute atomic E-state index is 0.297. The van der Waals surface area contributed by atoms with E-state index in [-0.39, 0.29) is 5.91 Å². The molecule has 0 aromatic heterocycles. The molecule has 1 amide bonds. The van der Waals surface area contributed by atoms with Gasteiger partial charge in [-0.3, -0.25) is 4.79 Å². The number of rotatable bonds is 5. The number of piperidine rings is 1. The average Bonchev–Trinajstić information content (AvgIpc) is 2.37. The van der Waals surface area contributed by atoms with E-state index < -0.39 is 30.9 Å². The van der Waals surface area contributed by atoms with Crippen LogP contribution in [-0.4, -0.2) is 58.7 Å². The van der Waals surface area contributed by atoms with Gasteiger partial charge in [-0.1, -0.05) is 0 Å². The van der Waals surface area contributed by atoms with Crippen LogP contribution < -0.4 is 10.6 Å². The van der Waals surface area contributed by atoms with E-state index in [9.17, 15) is 4.79 Å². The Balaban J connectivity index is 2.69. The highest BCUT2D eigenvalue weighted by Gasteiger charge is 2.39. The molecule has 0 aromatic rings. The molecule has 1 rings (SSSR count). The third-order valence-corrected chi connectivity index (χ3v) is 3.41. The zero-order valence-electron chi connectivity index (χ0n) is 10.2. The average molecular weight is 246 g/mol. The summed E-state index contributed by atoms with van der Waals surface area (Å²) in [6.45, 7) is 1.07. The van der Waals surface area contributed by atoms with Crippen molar-refractivity contribution in [3.8, 4) is 0 Å². The first-order valence-electron chi connectivity index (χ1n) is 5.92. The number of hydrogen-bond acceptors (Lipinski definition) is 5. The van der Waals surface area contributed by atoms with Crippen molar-refractivity contribution < 1.29 is 20.1 Å². The van der Waals surface area contributed by atoms with Crippen molar-refractivity contribution in [1.82, 2.24) is 10.6 Å². The molecule has 1 fully saturated rings. The zero-order valence-corrected chi connectivity index (χ0v) is 10.2. The van der Waals surface area contributed by atoms with Gasteiger partial charge in [-0.05, 0) is 32.7 Å². The van der Waals surface area contributed by atoms with E-state index in [2.05, 4.69) is 10.6 Å². The van der Waals surface area contributed by atoms with E-state index in [0.29, 0.717) is 6.42 Å². The number of aliphatic hydroxyl groups excluding tert-OH is 3. The van der Waals surface area contributed by atoms with E-state index in [1.807, 2.05) is 0 Å². The molecule has 1 aliphatic heterocycles. The topological polar surface area (TPSA) is 102 Å². The summed E-state index contributed by atoms with van der Waals surface area (Å²) < 4.78 is 0. The summed E-state index contributed by atoms with van der Waals surface area (Å²) in [4.78, 5) is 12.1. The fraction of sp³-hybridized carbons (Fsp3) is 0.909. The van der Waals surface area contributed by atoms with Crippen LogP contribution in [0.25, 0.3) is 0 Å². The molecule has 1 unspecified atom stereocenters. The van der Waals surface area contributed by atoms with E-state index in [4.69, 9.17) is 15.3 Å². The molecule has 0 bridgehead atoms. The Bertz CT molecular complexity index is 252. The SMILES string of the molecule is CC1(C(=O)NC(CO)(CO)CO)CCCCN1. The maximum Gasteiger partial charge on any atom is 0.240 e. The van der Waals surface area contributed by atoms with Gasteiger partial charge >= 0.3 is 0 Å². The van der Waals surface area contributed by atoms with E-state index in [1.165, 1.54) is 0 Å². The van der Waals surface area contributed by atoms with Gasteiger partial charge < -0.3 is 26.0 Å². The molecule has 100 valence electrons. The highest BCUT2D eigenvalue weighted by Crippen LogP contribution is 2.19. The molecule has 0 aromatic carbocycles. The Morgan fingerprint density at radius 3 is 2.29 bits per heavy atom. The van der Waals surface area contributed by atoms with Crippen molar-refractivity contribution in [1.29, 1.82) is 0 Å². The standard InChI is InChI=1S/C11H22N2O4/c1-10(4-2-3-5-12-10)9(17)13-11(6-14,7-15)8-16/h12,14-16H,2-8H2,1H3,(H,13,17). The maximum atomic E-state index is 12.1. The van der Waals surface area contributed by atoms with Crippen LogP contribution in [0.2, 0.25) is 0 Å². The maximum absolute atomic E-state index is 12.1. The summed E-state index contributed by atoms with van der Waals surface area (Å²) in [5.74, 6) is -0.297. The van der Waals surface area contributed by atoms with E-state index >= 15 is 0 Å². The molecule has 0 radical (unpaired) electrons. The van der Waals surface area contributed by atoms with Crippen LogP contribution in [0.15, 0.2) is 0 Å².